The van der Waals surface area contributed by atoms with Crippen LogP contribution in [0.25, 0.3) is 0 Å². The summed E-state index contributed by atoms with van der Waals surface area (Å²) in [7, 11) is 0. The summed E-state index contributed by atoms with van der Waals surface area (Å²) in [6.07, 6.45) is 4.27. The smallest absolute Gasteiger partial charge is 0.306 e. The highest BCUT2D eigenvalue weighted by Gasteiger charge is 2.17. The van der Waals surface area contributed by atoms with Gasteiger partial charge in [-0.3, -0.25) is 4.79 Å². The SMILES string of the molecule is CCCCCC(Cc1ccc(F)cc1)C(=O)O. The first-order chi connectivity index (χ1) is 8.13. The van der Waals surface area contributed by atoms with Gasteiger partial charge in [-0.1, -0.05) is 38.3 Å². The highest BCUT2D eigenvalue weighted by atomic mass is 19.1. The van der Waals surface area contributed by atoms with Gasteiger partial charge in [-0.05, 0) is 30.5 Å². The zero-order valence-corrected chi connectivity index (χ0v) is 10.2. The van der Waals surface area contributed by atoms with Crippen LogP contribution < -0.4 is 0 Å². The first-order valence-electron chi connectivity index (χ1n) is 6.10. The van der Waals surface area contributed by atoms with Crippen LogP contribution in [0.4, 0.5) is 4.39 Å². The molecule has 0 spiro atoms. The van der Waals surface area contributed by atoms with E-state index in [1.165, 1.54) is 12.1 Å². The van der Waals surface area contributed by atoms with Crippen molar-refractivity contribution < 1.29 is 14.3 Å². The summed E-state index contributed by atoms with van der Waals surface area (Å²) in [6, 6.07) is 6.07. The van der Waals surface area contributed by atoms with Crippen LogP contribution >= 0.6 is 0 Å². The Kier molecular flexibility index (Phi) is 5.67. The van der Waals surface area contributed by atoms with Gasteiger partial charge in [-0.25, -0.2) is 4.39 Å². The van der Waals surface area contributed by atoms with Gasteiger partial charge in [-0.15, -0.1) is 0 Å². The Morgan fingerprint density at radius 2 is 1.94 bits per heavy atom. The topological polar surface area (TPSA) is 37.3 Å². The number of unbranched alkanes of at least 4 members (excludes halogenated alkanes) is 2. The summed E-state index contributed by atoms with van der Waals surface area (Å²) in [6.45, 7) is 2.09. The van der Waals surface area contributed by atoms with Crippen LogP contribution in [0.1, 0.15) is 38.2 Å². The quantitative estimate of drug-likeness (QED) is 0.736. The predicted molar refractivity (Wildman–Crippen MR) is 65.4 cm³/mol. The Hall–Kier alpha value is -1.38. The monoisotopic (exact) mass is 238 g/mol. The molecule has 0 fully saturated rings. The second-order valence-corrected chi connectivity index (χ2v) is 4.36. The molecule has 1 aromatic rings. The average Bonchev–Trinajstić information content (AvgIpc) is 2.30. The number of hydrogen-bond donors (Lipinski definition) is 1. The molecule has 0 aliphatic rings. The van der Waals surface area contributed by atoms with Crippen LogP contribution in [-0.2, 0) is 11.2 Å². The highest BCUT2D eigenvalue weighted by Crippen LogP contribution is 2.16. The number of carboxylic acid groups (broad SMARTS) is 1. The molecule has 0 amide bonds. The van der Waals surface area contributed by atoms with Crippen molar-refractivity contribution in [1.82, 2.24) is 0 Å². The van der Waals surface area contributed by atoms with Crippen molar-refractivity contribution in [3.05, 3.63) is 35.6 Å². The highest BCUT2D eigenvalue weighted by molar-refractivity contribution is 5.70. The number of aliphatic carboxylic acids is 1. The molecular formula is C14H19FO2. The Bertz CT molecular complexity index is 346. The van der Waals surface area contributed by atoms with Gasteiger partial charge in [0.15, 0.2) is 0 Å². The Labute approximate surface area is 101 Å². The minimum atomic E-state index is -0.759. The summed E-state index contributed by atoms with van der Waals surface area (Å²) >= 11 is 0. The van der Waals surface area contributed by atoms with E-state index in [1.807, 2.05) is 0 Å². The standard InChI is InChI=1S/C14H19FO2/c1-2-3-4-5-12(14(16)17)10-11-6-8-13(15)9-7-11/h6-9,12H,2-5,10H2,1H3,(H,16,17). The van der Waals surface area contributed by atoms with Crippen molar-refractivity contribution in [3.63, 3.8) is 0 Å². The van der Waals surface area contributed by atoms with E-state index in [0.717, 1.165) is 24.8 Å². The van der Waals surface area contributed by atoms with Crippen LogP contribution in [0, 0.1) is 11.7 Å². The lowest BCUT2D eigenvalue weighted by atomic mass is 9.94. The molecule has 1 N–H and O–H groups in total. The second kappa shape index (κ2) is 7.05. The van der Waals surface area contributed by atoms with Gasteiger partial charge in [0.05, 0.1) is 5.92 Å². The minimum absolute atomic E-state index is 0.286. The third-order valence-electron chi connectivity index (χ3n) is 2.90. The molecule has 94 valence electrons. The molecule has 1 unspecified atom stereocenters. The van der Waals surface area contributed by atoms with Gasteiger partial charge >= 0.3 is 5.97 Å². The fourth-order valence-corrected chi connectivity index (χ4v) is 1.86. The van der Waals surface area contributed by atoms with Gasteiger partial charge in [0.2, 0.25) is 0 Å². The van der Waals surface area contributed by atoms with E-state index in [4.69, 9.17) is 5.11 Å². The Morgan fingerprint density at radius 3 is 2.47 bits per heavy atom. The molecule has 1 rings (SSSR count). The molecule has 0 aliphatic carbocycles. The van der Waals surface area contributed by atoms with Gasteiger partial charge in [-0.2, -0.15) is 0 Å². The lowest BCUT2D eigenvalue weighted by Gasteiger charge is -2.12. The molecule has 2 nitrogen and oxygen atoms in total. The van der Waals surface area contributed by atoms with Crippen molar-refractivity contribution in [1.29, 1.82) is 0 Å². The van der Waals surface area contributed by atoms with Crippen LogP contribution in [-0.4, -0.2) is 11.1 Å². The van der Waals surface area contributed by atoms with E-state index in [-0.39, 0.29) is 11.7 Å². The molecule has 0 heterocycles. The van der Waals surface area contributed by atoms with Crippen LogP contribution in [0.15, 0.2) is 24.3 Å². The summed E-state index contributed by atoms with van der Waals surface area (Å²) in [5.41, 5.74) is 0.885. The van der Waals surface area contributed by atoms with E-state index in [9.17, 15) is 9.18 Å². The van der Waals surface area contributed by atoms with Crippen molar-refractivity contribution >= 4 is 5.97 Å². The zero-order chi connectivity index (χ0) is 12.7. The number of halogens is 1. The third kappa shape index (κ3) is 4.98. The Balaban J connectivity index is 2.54. The first kappa shape index (κ1) is 13.7. The fourth-order valence-electron chi connectivity index (χ4n) is 1.86. The lowest BCUT2D eigenvalue weighted by molar-refractivity contribution is -0.142. The first-order valence-corrected chi connectivity index (χ1v) is 6.10. The van der Waals surface area contributed by atoms with Crippen molar-refractivity contribution in [2.24, 2.45) is 5.92 Å². The fraction of sp³-hybridized carbons (Fsp3) is 0.500. The molecule has 3 heteroatoms. The molecule has 1 aromatic carbocycles. The van der Waals surface area contributed by atoms with E-state index in [0.29, 0.717) is 12.8 Å². The van der Waals surface area contributed by atoms with Crippen LogP contribution in [0.3, 0.4) is 0 Å². The molecule has 0 bridgehead atoms. The van der Waals surface area contributed by atoms with E-state index in [2.05, 4.69) is 6.92 Å². The normalized spacial score (nSPS) is 12.4. The number of hydrogen-bond acceptors (Lipinski definition) is 1. The largest absolute Gasteiger partial charge is 0.481 e. The van der Waals surface area contributed by atoms with E-state index in [1.54, 1.807) is 12.1 Å². The third-order valence-corrected chi connectivity index (χ3v) is 2.90. The molecule has 0 saturated heterocycles. The molecule has 1 atom stereocenters. The molecule has 0 aromatic heterocycles. The maximum atomic E-state index is 12.7. The zero-order valence-electron chi connectivity index (χ0n) is 10.2. The lowest BCUT2D eigenvalue weighted by Crippen LogP contribution is -2.16. The van der Waals surface area contributed by atoms with Crippen molar-refractivity contribution in [3.8, 4) is 0 Å². The maximum Gasteiger partial charge on any atom is 0.306 e. The minimum Gasteiger partial charge on any atom is -0.481 e. The molecule has 0 radical (unpaired) electrons. The van der Waals surface area contributed by atoms with E-state index < -0.39 is 5.97 Å². The second-order valence-electron chi connectivity index (χ2n) is 4.36. The number of rotatable bonds is 7. The maximum absolute atomic E-state index is 12.7. The molecule has 0 aliphatic heterocycles. The molecule has 0 saturated carbocycles. The van der Waals surface area contributed by atoms with Gasteiger partial charge in [0.1, 0.15) is 5.82 Å². The Morgan fingerprint density at radius 1 is 1.29 bits per heavy atom. The van der Waals surface area contributed by atoms with Crippen LogP contribution in [0.2, 0.25) is 0 Å². The number of carboxylic acids is 1. The number of carbonyl (C=O) groups is 1. The summed E-state index contributed by atoms with van der Waals surface area (Å²) in [4.78, 5) is 11.1. The number of benzene rings is 1. The van der Waals surface area contributed by atoms with Crippen molar-refractivity contribution in [2.75, 3.05) is 0 Å². The van der Waals surface area contributed by atoms with Crippen molar-refractivity contribution in [2.45, 2.75) is 39.0 Å². The molecular weight excluding hydrogens is 219 g/mol. The molecule has 17 heavy (non-hydrogen) atoms. The van der Waals surface area contributed by atoms with Gasteiger partial charge in [0, 0.05) is 0 Å². The average molecular weight is 238 g/mol. The van der Waals surface area contributed by atoms with Gasteiger partial charge in [0.25, 0.3) is 0 Å². The summed E-state index contributed by atoms with van der Waals surface area (Å²) in [5, 5.41) is 9.11. The van der Waals surface area contributed by atoms with E-state index >= 15 is 0 Å². The van der Waals surface area contributed by atoms with Gasteiger partial charge < -0.3 is 5.11 Å². The predicted octanol–water partition coefficient (Wildman–Crippen LogP) is 3.65. The van der Waals surface area contributed by atoms with Crippen LogP contribution in [0.5, 0.6) is 0 Å². The summed E-state index contributed by atoms with van der Waals surface area (Å²) in [5.74, 6) is -1.40. The summed E-state index contributed by atoms with van der Waals surface area (Å²) < 4.78 is 12.7.